The van der Waals surface area contributed by atoms with Crippen molar-refractivity contribution in [3.8, 4) is 0 Å². The molecule has 0 spiro atoms. The van der Waals surface area contributed by atoms with Crippen LogP contribution < -0.4 is 5.32 Å². The molecule has 110 valence electrons. The molecule has 20 heavy (non-hydrogen) atoms. The van der Waals surface area contributed by atoms with Crippen molar-refractivity contribution in [3.63, 3.8) is 0 Å². The number of hydrogen-bond acceptors (Lipinski definition) is 3. The van der Waals surface area contributed by atoms with Gasteiger partial charge in [0.1, 0.15) is 5.60 Å². The minimum Gasteiger partial charge on any atom is -0.454 e. The predicted molar refractivity (Wildman–Crippen MR) is 80.9 cm³/mol. The highest BCUT2D eigenvalue weighted by molar-refractivity contribution is 6.17. The van der Waals surface area contributed by atoms with E-state index < -0.39 is 5.60 Å². The third-order valence-electron chi connectivity index (χ3n) is 3.78. The van der Waals surface area contributed by atoms with E-state index in [9.17, 15) is 4.79 Å². The quantitative estimate of drug-likeness (QED) is 0.497. The number of hydrogen-bond donors (Lipinski definition) is 1. The van der Waals surface area contributed by atoms with Gasteiger partial charge in [0, 0.05) is 25.1 Å². The molecule has 1 saturated heterocycles. The number of piperidine rings is 1. The first kappa shape index (κ1) is 15.3. The number of carbonyl (C=O) groups excluding carboxylic acids is 1. The molecular formula is C16H22ClNO2. The standard InChI is InChI=1S/C16H22ClNO2/c17-11-5-4-8-15(19)20-16(9-12-18-13-10-16)14-6-2-1-3-7-14/h1-3,6-7,18H,4-5,8-13H2. The van der Waals surface area contributed by atoms with Gasteiger partial charge in [-0.2, -0.15) is 0 Å². The van der Waals surface area contributed by atoms with Crippen LogP contribution in [0.1, 0.15) is 37.7 Å². The fourth-order valence-electron chi connectivity index (χ4n) is 2.65. The lowest BCUT2D eigenvalue weighted by molar-refractivity contribution is -0.164. The zero-order valence-electron chi connectivity index (χ0n) is 11.7. The number of benzene rings is 1. The molecule has 0 aromatic heterocycles. The summed E-state index contributed by atoms with van der Waals surface area (Å²) in [6, 6.07) is 10.1. The van der Waals surface area contributed by atoms with Crippen LogP contribution in [0, 0.1) is 0 Å². The molecule has 0 radical (unpaired) electrons. The minimum absolute atomic E-state index is 0.110. The third kappa shape index (κ3) is 3.97. The van der Waals surface area contributed by atoms with Crippen LogP contribution in [0.15, 0.2) is 30.3 Å². The van der Waals surface area contributed by atoms with Gasteiger partial charge in [0.05, 0.1) is 0 Å². The molecule has 1 aromatic rings. The van der Waals surface area contributed by atoms with Crippen LogP contribution in [0.25, 0.3) is 0 Å². The van der Waals surface area contributed by atoms with Gasteiger partial charge < -0.3 is 10.1 Å². The van der Waals surface area contributed by atoms with Crippen molar-refractivity contribution in [2.45, 2.75) is 37.7 Å². The average Bonchev–Trinajstić information content (AvgIpc) is 2.49. The number of ether oxygens (including phenoxy) is 1. The Morgan fingerprint density at radius 2 is 1.90 bits per heavy atom. The summed E-state index contributed by atoms with van der Waals surface area (Å²) < 4.78 is 5.89. The van der Waals surface area contributed by atoms with Gasteiger partial charge in [-0.3, -0.25) is 4.79 Å². The molecule has 2 rings (SSSR count). The average molecular weight is 296 g/mol. The zero-order chi connectivity index (χ0) is 14.3. The predicted octanol–water partition coefficient (Wildman–Crippen LogP) is 3.22. The molecule has 1 aliphatic heterocycles. The fourth-order valence-corrected chi connectivity index (χ4v) is 2.84. The van der Waals surface area contributed by atoms with Crippen molar-refractivity contribution in [3.05, 3.63) is 35.9 Å². The molecule has 1 heterocycles. The Bertz CT molecular complexity index is 416. The molecule has 0 atom stereocenters. The highest BCUT2D eigenvalue weighted by Crippen LogP contribution is 2.35. The Labute approximate surface area is 125 Å². The summed E-state index contributed by atoms with van der Waals surface area (Å²) in [5.74, 6) is 0.488. The van der Waals surface area contributed by atoms with Gasteiger partial charge in [-0.1, -0.05) is 30.3 Å². The first-order valence-corrected chi connectivity index (χ1v) is 7.84. The molecular weight excluding hydrogens is 274 g/mol. The van der Waals surface area contributed by atoms with Crippen LogP contribution in [0.4, 0.5) is 0 Å². The van der Waals surface area contributed by atoms with E-state index in [2.05, 4.69) is 17.4 Å². The van der Waals surface area contributed by atoms with Gasteiger partial charge in [0.2, 0.25) is 0 Å². The lowest BCUT2D eigenvalue weighted by atomic mass is 9.84. The van der Waals surface area contributed by atoms with E-state index in [1.54, 1.807) is 0 Å². The van der Waals surface area contributed by atoms with E-state index in [0.29, 0.717) is 12.3 Å². The molecule has 4 heteroatoms. The summed E-state index contributed by atoms with van der Waals surface area (Å²) in [5, 5.41) is 3.33. The van der Waals surface area contributed by atoms with Crippen molar-refractivity contribution < 1.29 is 9.53 Å². The van der Waals surface area contributed by atoms with Gasteiger partial charge >= 0.3 is 5.97 Å². The molecule has 0 saturated carbocycles. The van der Waals surface area contributed by atoms with Gasteiger partial charge in [-0.25, -0.2) is 0 Å². The fraction of sp³-hybridized carbons (Fsp3) is 0.562. The Morgan fingerprint density at radius 3 is 2.55 bits per heavy atom. The zero-order valence-corrected chi connectivity index (χ0v) is 12.5. The van der Waals surface area contributed by atoms with Crippen LogP contribution in [0.5, 0.6) is 0 Å². The molecule has 3 nitrogen and oxygen atoms in total. The molecule has 1 aromatic carbocycles. The first-order chi connectivity index (χ1) is 9.77. The van der Waals surface area contributed by atoms with Crippen LogP contribution in [0.2, 0.25) is 0 Å². The van der Waals surface area contributed by atoms with Crippen molar-refractivity contribution in [2.75, 3.05) is 19.0 Å². The van der Waals surface area contributed by atoms with E-state index in [0.717, 1.165) is 44.3 Å². The van der Waals surface area contributed by atoms with Gasteiger partial charge in [-0.15, -0.1) is 11.6 Å². The number of carbonyl (C=O) groups is 1. The van der Waals surface area contributed by atoms with Gasteiger partial charge in [0.25, 0.3) is 0 Å². The van der Waals surface area contributed by atoms with E-state index in [4.69, 9.17) is 16.3 Å². The summed E-state index contributed by atoms with van der Waals surface area (Å²) in [6.45, 7) is 1.76. The topological polar surface area (TPSA) is 38.3 Å². The summed E-state index contributed by atoms with van der Waals surface area (Å²) in [6.07, 6.45) is 3.77. The number of rotatable bonds is 6. The largest absolute Gasteiger partial charge is 0.454 e. The lowest BCUT2D eigenvalue weighted by Crippen LogP contribution is -2.43. The van der Waals surface area contributed by atoms with Crippen molar-refractivity contribution in [1.82, 2.24) is 5.32 Å². The molecule has 1 aliphatic rings. The second kappa shape index (κ2) is 7.65. The number of unbranched alkanes of at least 4 members (excludes halogenated alkanes) is 1. The smallest absolute Gasteiger partial charge is 0.306 e. The molecule has 0 unspecified atom stereocenters. The summed E-state index contributed by atoms with van der Waals surface area (Å²) in [7, 11) is 0. The maximum Gasteiger partial charge on any atom is 0.306 e. The van der Waals surface area contributed by atoms with Crippen molar-refractivity contribution in [2.24, 2.45) is 0 Å². The second-order valence-electron chi connectivity index (χ2n) is 5.23. The Kier molecular flexibility index (Phi) is 5.86. The van der Waals surface area contributed by atoms with Crippen LogP contribution >= 0.6 is 11.6 Å². The first-order valence-electron chi connectivity index (χ1n) is 7.31. The van der Waals surface area contributed by atoms with Crippen molar-refractivity contribution >= 4 is 17.6 Å². The lowest BCUT2D eigenvalue weighted by Gasteiger charge is -2.37. The Morgan fingerprint density at radius 1 is 1.20 bits per heavy atom. The minimum atomic E-state index is -0.454. The molecule has 1 fully saturated rings. The summed E-state index contributed by atoms with van der Waals surface area (Å²) >= 11 is 5.64. The highest BCUT2D eigenvalue weighted by Gasteiger charge is 2.37. The van der Waals surface area contributed by atoms with E-state index in [-0.39, 0.29) is 5.97 Å². The van der Waals surface area contributed by atoms with Crippen LogP contribution in [-0.2, 0) is 15.1 Å². The molecule has 0 amide bonds. The summed E-state index contributed by atoms with van der Waals surface area (Å²) in [5.41, 5.74) is 0.650. The number of nitrogens with one attached hydrogen (secondary N) is 1. The number of esters is 1. The number of alkyl halides is 1. The number of halogens is 1. The van der Waals surface area contributed by atoms with Gasteiger partial charge in [0.15, 0.2) is 0 Å². The molecule has 0 aliphatic carbocycles. The monoisotopic (exact) mass is 295 g/mol. The van der Waals surface area contributed by atoms with Crippen molar-refractivity contribution in [1.29, 1.82) is 0 Å². The second-order valence-corrected chi connectivity index (χ2v) is 5.61. The summed E-state index contributed by atoms with van der Waals surface area (Å²) in [4.78, 5) is 12.1. The van der Waals surface area contributed by atoms with Crippen LogP contribution in [-0.4, -0.2) is 24.9 Å². The maximum atomic E-state index is 12.1. The van der Waals surface area contributed by atoms with E-state index >= 15 is 0 Å². The normalized spacial score (nSPS) is 17.6. The maximum absolute atomic E-state index is 12.1. The molecule has 0 bridgehead atoms. The Balaban J connectivity index is 2.06. The van der Waals surface area contributed by atoms with Gasteiger partial charge in [-0.05, 0) is 31.5 Å². The van der Waals surface area contributed by atoms with E-state index in [1.165, 1.54) is 0 Å². The van der Waals surface area contributed by atoms with E-state index in [1.807, 2.05) is 18.2 Å². The SMILES string of the molecule is O=C(CCCCCl)OC1(c2ccccc2)CCNCC1. The molecule has 1 N–H and O–H groups in total. The highest BCUT2D eigenvalue weighted by atomic mass is 35.5. The van der Waals surface area contributed by atoms with Crippen LogP contribution in [0.3, 0.4) is 0 Å². The Hall–Kier alpha value is -1.06. The third-order valence-corrected chi connectivity index (χ3v) is 4.05.